The van der Waals surface area contributed by atoms with Crippen LogP contribution < -0.4 is 4.90 Å². The SMILES string of the molecule is OCC#Cc1cc(F)ccc1CN1CCc2ccccc21. The molecule has 0 amide bonds. The molecule has 0 saturated heterocycles. The maximum Gasteiger partial charge on any atom is 0.124 e. The maximum absolute atomic E-state index is 13.4. The summed E-state index contributed by atoms with van der Waals surface area (Å²) in [6, 6.07) is 13.0. The Kier molecular flexibility index (Phi) is 3.89. The molecule has 2 aromatic carbocycles. The second kappa shape index (κ2) is 5.99. The smallest absolute Gasteiger partial charge is 0.124 e. The van der Waals surface area contributed by atoms with Gasteiger partial charge in [-0.05, 0) is 35.7 Å². The Bertz CT molecular complexity index is 715. The minimum atomic E-state index is -0.303. The van der Waals surface area contributed by atoms with Crippen LogP contribution in [0.1, 0.15) is 16.7 Å². The van der Waals surface area contributed by atoms with E-state index in [9.17, 15) is 4.39 Å². The molecular weight excluding hydrogens is 265 g/mol. The lowest BCUT2D eigenvalue weighted by molar-refractivity contribution is 0.350. The van der Waals surface area contributed by atoms with Gasteiger partial charge in [-0.1, -0.05) is 36.1 Å². The summed E-state index contributed by atoms with van der Waals surface area (Å²) < 4.78 is 13.4. The van der Waals surface area contributed by atoms with Gasteiger partial charge in [0, 0.05) is 24.3 Å². The van der Waals surface area contributed by atoms with Crippen LogP contribution in [0.25, 0.3) is 0 Å². The number of halogens is 1. The Morgan fingerprint density at radius 3 is 2.90 bits per heavy atom. The third-order valence-corrected chi connectivity index (χ3v) is 3.72. The molecule has 0 saturated carbocycles. The largest absolute Gasteiger partial charge is 0.384 e. The van der Waals surface area contributed by atoms with Crippen molar-refractivity contribution in [3.63, 3.8) is 0 Å². The summed E-state index contributed by atoms with van der Waals surface area (Å²) in [4.78, 5) is 2.28. The molecule has 2 aromatic rings. The van der Waals surface area contributed by atoms with Crippen LogP contribution in [-0.2, 0) is 13.0 Å². The monoisotopic (exact) mass is 281 g/mol. The van der Waals surface area contributed by atoms with Gasteiger partial charge in [0.25, 0.3) is 0 Å². The van der Waals surface area contributed by atoms with Crippen molar-refractivity contribution in [2.75, 3.05) is 18.1 Å². The molecule has 1 heterocycles. The third kappa shape index (κ3) is 2.91. The lowest BCUT2D eigenvalue weighted by Crippen LogP contribution is -2.20. The van der Waals surface area contributed by atoms with Crippen LogP contribution in [0.5, 0.6) is 0 Å². The van der Waals surface area contributed by atoms with Crippen LogP contribution in [0, 0.1) is 17.7 Å². The lowest BCUT2D eigenvalue weighted by Gasteiger charge is -2.20. The molecule has 0 aromatic heterocycles. The zero-order valence-corrected chi connectivity index (χ0v) is 11.6. The molecule has 0 atom stereocenters. The van der Waals surface area contributed by atoms with Gasteiger partial charge < -0.3 is 10.0 Å². The second-order valence-corrected chi connectivity index (χ2v) is 5.06. The molecule has 1 aliphatic heterocycles. The summed E-state index contributed by atoms with van der Waals surface area (Å²) in [5, 5.41) is 8.82. The van der Waals surface area contributed by atoms with E-state index in [4.69, 9.17) is 5.11 Å². The van der Waals surface area contributed by atoms with E-state index in [1.54, 1.807) is 6.07 Å². The number of nitrogens with zero attached hydrogens (tertiary/aromatic N) is 1. The van der Waals surface area contributed by atoms with E-state index in [0.29, 0.717) is 12.1 Å². The van der Waals surface area contributed by atoms with Gasteiger partial charge in [0.15, 0.2) is 0 Å². The van der Waals surface area contributed by atoms with Crippen molar-refractivity contribution in [1.82, 2.24) is 0 Å². The molecule has 0 aliphatic carbocycles. The van der Waals surface area contributed by atoms with Crippen molar-refractivity contribution >= 4 is 5.69 Å². The van der Waals surface area contributed by atoms with Crippen molar-refractivity contribution in [3.8, 4) is 11.8 Å². The molecule has 0 radical (unpaired) electrons. The molecule has 3 rings (SSSR count). The molecule has 2 nitrogen and oxygen atoms in total. The predicted octanol–water partition coefficient (Wildman–Crippen LogP) is 2.73. The first-order valence-corrected chi connectivity index (χ1v) is 6.99. The Balaban J connectivity index is 1.89. The van der Waals surface area contributed by atoms with Crippen molar-refractivity contribution < 1.29 is 9.50 Å². The first-order chi connectivity index (χ1) is 10.3. The zero-order chi connectivity index (χ0) is 14.7. The average molecular weight is 281 g/mol. The van der Waals surface area contributed by atoms with E-state index in [0.717, 1.165) is 18.5 Å². The molecular formula is C18H16FNO. The van der Waals surface area contributed by atoms with Crippen LogP contribution in [-0.4, -0.2) is 18.3 Å². The molecule has 1 aliphatic rings. The van der Waals surface area contributed by atoms with Crippen molar-refractivity contribution in [2.45, 2.75) is 13.0 Å². The van der Waals surface area contributed by atoms with E-state index in [2.05, 4.69) is 34.9 Å². The predicted molar refractivity (Wildman–Crippen MR) is 81.6 cm³/mol. The minimum Gasteiger partial charge on any atom is -0.384 e. The fourth-order valence-corrected chi connectivity index (χ4v) is 2.71. The van der Waals surface area contributed by atoms with Gasteiger partial charge in [-0.3, -0.25) is 0 Å². The van der Waals surface area contributed by atoms with E-state index in [1.807, 2.05) is 6.07 Å². The van der Waals surface area contributed by atoms with Gasteiger partial charge in [-0.25, -0.2) is 4.39 Å². The molecule has 1 N–H and O–H groups in total. The molecule has 0 fully saturated rings. The van der Waals surface area contributed by atoms with Crippen molar-refractivity contribution in [1.29, 1.82) is 0 Å². The fourth-order valence-electron chi connectivity index (χ4n) is 2.71. The summed E-state index contributed by atoms with van der Waals surface area (Å²) >= 11 is 0. The van der Waals surface area contributed by atoms with Gasteiger partial charge in [0.05, 0.1) is 0 Å². The molecule has 0 bridgehead atoms. The van der Waals surface area contributed by atoms with Gasteiger partial charge in [0.1, 0.15) is 12.4 Å². The molecule has 3 heteroatoms. The summed E-state index contributed by atoms with van der Waals surface area (Å²) in [6.45, 7) is 1.44. The number of rotatable bonds is 2. The topological polar surface area (TPSA) is 23.5 Å². The van der Waals surface area contributed by atoms with E-state index in [1.165, 1.54) is 23.4 Å². The van der Waals surface area contributed by atoms with E-state index in [-0.39, 0.29) is 12.4 Å². The Labute approximate surface area is 123 Å². The standard InChI is InChI=1S/C18H16FNO/c19-17-8-7-16(15(12-17)5-3-11-21)13-20-10-9-14-4-1-2-6-18(14)20/h1-2,4,6-8,12,21H,9-11,13H2. The Morgan fingerprint density at radius 2 is 2.05 bits per heavy atom. The molecule has 0 unspecified atom stereocenters. The van der Waals surface area contributed by atoms with Gasteiger partial charge in [-0.15, -0.1) is 0 Å². The summed E-state index contributed by atoms with van der Waals surface area (Å²) in [5.74, 6) is 5.13. The zero-order valence-electron chi connectivity index (χ0n) is 11.6. The highest BCUT2D eigenvalue weighted by Gasteiger charge is 2.19. The number of fused-ring (bicyclic) bond motifs is 1. The maximum atomic E-state index is 13.4. The highest BCUT2D eigenvalue weighted by Crippen LogP contribution is 2.29. The first kappa shape index (κ1) is 13.7. The number of aliphatic hydroxyl groups excluding tert-OH is 1. The number of aliphatic hydroxyl groups is 1. The first-order valence-electron chi connectivity index (χ1n) is 6.99. The third-order valence-electron chi connectivity index (χ3n) is 3.72. The molecule has 106 valence electrons. The molecule has 21 heavy (non-hydrogen) atoms. The molecule has 0 spiro atoms. The second-order valence-electron chi connectivity index (χ2n) is 5.06. The Morgan fingerprint density at radius 1 is 1.19 bits per heavy atom. The fraction of sp³-hybridized carbons (Fsp3) is 0.222. The van der Waals surface area contributed by atoms with Crippen molar-refractivity contribution in [3.05, 3.63) is 65.0 Å². The number of hydrogen-bond acceptors (Lipinski definition) is 2. The van der Waals surface area contributed by atoms with Crippen molar-refractivity contribution in [2.24, 2.45) is 0 Å². The normalized spacial score (nSPS) is 12.8. The summed E-state index contributed by atoms with van der Waals surface area (Å²) in [7, 11) is 0. The van der Waals surface area contributed by atoms with E-state index >= 15 is 0 Å². The van der Waals surface area contributed by atoms with Crippen LogP contribution >= 0.6 is 0 Å². The summed E-state index contributed by atoms with van der Waals surface area (Å²) in [5.41, 5.74) is 4.22. The number of hydrogen-bond donors (Lipinski definition) is 1. The van der Waals surface area contributed by atoms with Crippen LogP contribution in [0.2, 0.25) is 0 Å². The lowest BCUT2D eigenvalue weighted by atomic mass is 10.1. The highest BCUT2D eigenvalue weighted by molar-refractivity contribution is 5.58. The number of para-hydroxylation sites is 1. The van der Waals surface area contributed by atoms with Gasteiger partial charge >= 0.3 is 0 Å². The van der Waals surface area contributed by atoms with E-state index < -0.39 is 0 Å². The number of benzene rings is 2. The number of anilines is 1. The quantitative estimate of drug-likeness (QED) is 0.856. The minimum absolute atomic E-state index is 0.220. The van der Waals surface area contributed by atoms with Crippen LogP contribution in [0.15, 0.2) is 42.5 Å². The van der Waals surface area contributed by atoms with Crippen LogP contribution in [0.3, 0.4) is 0 Å². The average Bonchev–Trinajstić information content (AvgIpc) is 2.91. The highest BCUT2D eigenvalue weighted by atomic mass is 19.1. The van der Waals surface area contributed by atoms with Gasteiger partial charge in [-0.2, -0.15) is 0 Å². The van der Waals surface area contributed by atoms with Gasteiger partial charge in [0.2, 0.25) is 0 Å². The van der Waals surface area contributed by atoms with Crippen LogP contribution in [0.4, 0.5) is 10.1 Å². The Hall–Kier alpha value is -2.31. The summed E-state index contributed by atoms with van der Waals surface area (Å²) in [6.07, 6.45) is 1.04.